The van der Waals surface area contributed by atoms with Gasteiger partial charge in [-0.2, -0.15) is 0 Å². The van der Waals surface area contributed by atoms with Gasteiger partial charge in [-0.25, -0.2) is 0 Å². The zero-order chi connectivity index (χ0) is 7.64. The van der Waals surface area contributed by atoms with Crippen molar-refractivity contribution in [2.24, 2.45) is 29.1 Å². The molecule has 0 aromatic carbocycles. The first-order chi connectivity index (χ1) is 5.28. The van der Waals surface area contributed by atoms with Crippen LogP contribution in [0.1, 0.15) is 13.3 Å². The molecule has 1 N–H and O–H groups in total. The molecule has 0 aliphatic heterocycles. The fraction of sp³-hybridized carbons (Fsp3) is 0.800. The molecule has 0 aromatic heterocycles. The van der Waals surface area contributed by atoms with Crippen molar-refractivity contribution in [2.75, 3.05) is 6.61 Å². The van der Waals surface area contributed by atoms with Crippen LogP contribution in [0.4, 0.5) is 0 Å². The predicted molar refractivity (Wildman–Crippen MR) is 42.9 cm³/mol. The lowest BCUT2D eigenvalue weighted by Gasteiger charge is -2.11. The summed E-state index contributed by atoms with van der Waals surface area (Å²) in [4.78, 5) is 0. The lowest BCUT2D eigenvalue weighted by atomic mass is 9.93. The van der Waals surface area contributed by atoms with Crippen LogP contribution < -0.4 is 0 Å². The van der Waals surface area contributed by atoms with Crippen molar-refractivity contribution in [3.05, 3.63) is 12.2 Å². The molecule has 2 saturated carbocycles. The van der Waals surface area contributed by atoms with Crippen LogP contribution in [0, 0.1) is 29.1 Å². The maximum absolute atomic E-state index is 9.11. The van der Waals surface area contributed by atoms with Gasteiger partial charge in [-0.1, -0.05) is 19.1 Å². The average molecular weight is 150 g/mol. The van der Waals surface area contributed by atoms with E-state index in [0.717, 1.165) is 17.8 Å². The highest BCUT2D eigenvalue weighted by Crippen LogP contribution is 2.76. The van der Waals surface area contributed by atoms with Gasteiger partial charge in [-0.05, 0) is 35.5 Å². The fourth-order valence-corrected chi connectivity index (χ4v) is 3.68. The maximum Gasteiger partial charge on any atom is 0.0462 e. The molecule has 1 heteroatoms. The topological polar surface area (TPSA) is 20.2 Å². The number of fused-ring (bicyclic) bond motifs is 1. The van der Waals surface area contributed by atoms with Crippen molar-refractivity contribution < 1.29 is 5.11 Å². The Labute approximate surface area is 67.1 Å². The molecular formula is C10H14O. The molecule has 0 heterocycles. The molecule has 0 saturated heterocycles. The molecule has 0 bridgehead atoms. The summed E-state index contributed by atoms with van der Waals surface area (Å²) >= 11 is 0. The zero-order valence-corrected chi connectivity index (χ0v) is 6.83. The summed E-state index contributed by atoms with van der Waals surface area (Å²) in [7, 11) is 0. The van der Waals surface area contributed by atoms with Gasteiger partial charge in [0.15, 0.2) is 0 Å². The molecule has 0 aromatic rings. The number of aliphatic hydroxyl groups is 1. The molecule has 3 aliphatic carbocycles. The van der Waals surface area contributed by atoms with Gasteiger partial charge in [0.05, 0.1) is 0 Å². The minimum Gasteiger partial charge on any atom is -0.396 e. The van der Waals surface area contributed by atoms with Crippen molar-refractivity contribution in [3.8, 4) is 0 Å². The monoisotopic (exact) mass is 150 g/mol. The maximum atomic E-state index is 9.11. The Balaban J connectivity index is 1.97. The number of rotatable bonds is 1. The van der Waals surface area contributed by atoms with Crippen LogP contribution in [-0.4, -0.2) is 11.7 Å². The molecule has 3 aliphatic rings. The summed E-state index contributed by atoms with van der Waals surface area (Å²) in [6.07, 6.45) is 5.99. The van der Waals surface area contributed by atoms with Gasteiger partial charge in [-0.3, -0.25) is 0 Å². The van der Waals surface area contributed by atoms with Crippen molar-refractivity contribution in [3.63, 3.8) is 0 Å². The van der Waals surface area contributed by atoms with Crippen LogP contribution in [0.25, 0.3) is 0 Å². The predicted octanol–water partition coefficient (Wildman–Crippen LogP) is 1.44. The van der Waals surface area contributed by atoms with E-state index in [4.69, 9.17) is 5.11 Å². The lowest BCUT2D eigenvalue weighted by molar-refractivity contribution is 0.208. The Morgan fingerprint density at radius 1 is 1.55 bits per heavy atom. The molecule has 0 amide bonds. The zero-order valence-electron chi connectivity index (χ0n) is 6.83. The van der Waals surface area contributed by atoms with E-state index in [0.29, 0.717) is 17.9 Å². The number of hydrogen-bond donors (Lipinski definition) is 1. The van der Waals surface area contributed by atoms with Crippen molar-refractivity contribution in [1.82, 2.24) is 0 Å². The van der Waals surface area contributed by atoms with E-state index in [1.54, 1.807) is 0 Å². The summed E-state index contributed by atoms with van der Waals surface area (Å²) in [6.45, 7) is 2.80. The van der Waals surface area contributed by atoms with Gasteiger partial charge in [-0.15, -0.1) is 0 Å². The van der Waals surface area contributed by atoms with E-state index in [-0.39, 0.29) is 0 Å². The molecule has 2 unspecified atom stereocenters. The summed E-state index contributed by atoms with van der Waals surface area (Å²) < 4.78 is 0. The van der Waals surface area contributed by atoms with Crippen LogP contribution in [0.3, 0.4) is 0 Å². The third-order valence-electron chi connectivity index (χ3n) is 4.36. The third kappa shape index (κ3) is 0.478. The van der Waals surface area contributed by atoms with Gasteiger partial charge in [0.1, 0.15) is 0 Å². The highest BCUT2D eigenvalue weighted by molar-refractivity contribution is 5.32. The fourth-order valence-electron chi connectivity index (χ4n) is 3.68. The van der Waals surface area contributed by atoms with Crippen LogP contribution in [0.2, 0.25) is 0 Å². The number of allylic oxidation sites excluding steroid dienone is 2. The summed E-state index contributed by atoms with van der Waals surface area (Å²) in [5.41, 5.74) is 0.591. The smallest absolute Gasteiger partial charge is 0.0462 e. The second kappa shape index (κ2) is 1.56. The average Bonchev–Trinajstić information content (AvgIpc) is 2.43. The summed E-state index contributed by atoms with van der Waals surface area (Å²) in [6, 6.07) is 0. The highest BCUT2D eigenvalue weighted by atomic mass is 16.3. The highest BCUT2D eigenvalue weighted by Gasteiger charge is 2.71. The second-order valence-electron chi connectivity index (χ2n) is 4.59. The van der Waals surface area contributed by atoms with Crippen LogP contribution in [-0.2, 0) is 0 Å². The number of aliphatic hydroxyl groups excluding tert-OH is 1. The third-order valence-corrected chi connectivity index (χ3v) is 4.36. The molecule has 2 fully saturated rings. The molecule has 11 heavy (non-hydrogen) atoms. The minimum atomic E-state index is 0.412. The van der Waals surface area contributed by atoms with Gasteiger partial charge in [0.2, 0.25) is 0 Å². The standard InChI is InChI=1S/C10H14O/c1-10-7-2-3-8(10)9(10)6(4-7)5-11/h2-3,6-9,11H,4-5H2,1H3/t6-,7?,8-,9+,10?/m0/s1. The summed E-state index contributed by atoms with van der Waals surface area (Å²) in [5, 5.41) is 9.11. The van der Waals surface area contributed by atoms with E-state index in [2.05, 4.69) is 19.1 Å². The molecule has 60 valence electrons. The lowest BCUT2D eigenvalue weighted by Crippen LogP contribution is -2.07. The van der Waals surface area contributed by atoms with Gasteiger partial charge in [0.25, 0.3) is 0 Å². The van der Waals surface area contributed by atoms with Gasteiger partial charge in [0, 0.05) is 6.61 Å². The van der Waals surface area contributed by atoms with E-state index in [1.807, 2.05) is 0 Å². The largest absolute Gasteiger partial charge is 0.396 e. The molecular weight excluding hydrogens is 136 g/mol. The molecule has 3 rings (SSSR count). The SMILES string of the molecule is CC12C3C=C[C@H]1[C@H]2[C@H](CO)C3. The van der Waals surface area contributed by atoms with E-state index >= 15 is 0 Å². The van der Waals surface area contributed by atoms with Crippen LogP contribution >= 0.6 is 0 Å². The first-order valence-corrected chi connectivity index (χ1v) is 4.57. The molecule has 0 spiro atoms. The van der Waals surface area contributed by atoms with Gasteiger partial charge >= 0.3 is 0 Å². The van der Waals surface area contributed by atoms with Crippen molar-refractivity contribution >= 4 is 0 Å². The normalized spacial score (nSPS) is 63.5. The number of hydrogen-bond acceptors (Lipinski definition) is 1. The molecule has 5 atom stereocenters. The van der Waals surface area contributed by atoms with E-state index in [9.17, 15) is 0 Å². The van der Waals surface area contributed by atoms with E-state index < -0.39 is 0 Å². The first kappa shape index (κ1) is 6.24. The van der Waals surface area contributed by atoms with Crippen LogP contribution in [0.5, 0.6) is 0 Å². The van der Waals surface area contributed by atoms with Crippen molar-refractivity contribution in [2.45, 2.75) is 13.3 Å². The minimum absolute atomic E-state index is 0.412. The van der Waals surface area contributed by atoms with Gasteiger partial charge < -0.3 is 5.11 Å². The Kier molecular flexibility index (Phi) is 0.885. The van der Waals surface area contributed by atoms with Crippen molar-refractivity contribution in [1.29, 1.82) is 0 Å². The Hall–Kier alpha value is -0.300. The Morgan fingerprint density at radius 3 is 2.91 bits per heavy atom. The Bertz CT molecular complexity index is 233. The first-order valence-electron chi connectivity index (χ1n) is 4.57. The quantitative estimate of drug-likeness (QED) is 0.561. The Morgan fingerprint density at radius 2 is 2.36 bits per heavy atom. The molecule has 1 nitrogen and oxygen atoms in total. The second-order valence-corrected chi connectivity index (χ2v) is 4.59. The summed E-state index contributed by atoms with van der Waals surface area (Å²) in [5.74, 6) is 3.08. The van der Waals surface area contributed by atoms with E-state index in [1.165, 1.54) is 6.42 Å². The van der Waals surface area contributed by atoms with Crippen LogP contribution in [0.15, 0.2) is 12.2 Å². The molecule has 0 radical (unpaired) electrons.